The molecule has 1 aromatic carbocycles. The van der Waals surface area contributed by atoms with Gasteiger partial charge in [0.15, 0.2) is 0 Å². The number of esters is 1. The third-order valence-corrected chi connectivity index (χ3v) is 4.51. The first-order chi connectivity index (χ1) is 11.7. The zero-order valence-corrected chi connectivity index (χ0v) is 13.9. The molecule has 1 amide bonds. The van der Waals surface area contributed by atoms with E-state index in [1.807, 2.05) is 24.3 Å². The quantitative estimate of drug-likeness (QED) is 0.586. The summed E-state index contributed by atoms with van der Waals surface area (Å²) < 4.78 is 15.9. The molecule has 1 fully saturated rings. The van der Waals surface area contributed by atoms with Gasteiger partial charge in [0, 0.05) is 18.7 Å². The maximum atomic E-state index is 12.6. The number of carbonyl (C=O) groups excluding carboxylic acids is 2. The molecular formula is C18H23NO5. The number of hydrogen-bond acceptors (Lipinski definition) is 5. The first kappa shape index (κ1) is 16.9. The summed E-state index contributed by atoms with van der Waals surface area (Å²) in [5.74, 6) is -0.512. The minimum atomic E-state index is -0.585. The van der Waals surface area contributed by atoms with Crippen molar-refractivity contribution < 1.29 is 23.8 Å². The standard InChI is InChI=1S/C18H23NO5/c1-22-18(21)16-11-13-5-2-3-7-15(13)19(16)17(20)8-10-23-12-14-6-4-9-24-14/h2-3,5,7,14,16H,4,6,8-12H2,1H3/t14-,16+/m1/s1. The zero-order chi connectivity index (χ0) is 16.9. The second-order valence-electron chi connectivity index (χ2n) is 6.10. The summed E-state index contributed by atoms with van der Waals surface area (Å²) in [4.78, 5) is 26.2. The smallest absolute Gasteiger partial charge is 0.329 e. The lowest BCUT2D eigenvalue weighted by Crippen LogP contribution is -2.43. The van der Waals surface area contributed by atoms with E-state index in [2.05, 4.69) is 0 Å². The molecule has 0 bridgehead atoms. The Bertz CT molecular complexity index is 597. The molecule has 0 aromatic heterocycles. The Morgan fingerprint density at radius 3 is 2.92 bits per heavy atom. The summed E-state index contributed by atoms with van der Waals surface area (Å²) in [7, 11) is 1.35. The van der Waals surface area contributed by atoms with Gasteiger partial charge in [-0.3, -0.25) is 9.69 Å². The molecule has 24 heavy (non-hydrogen) atoms. The number of ether oxygens (including phenoxy) is 3. The molecular weight excluding hydrogens is 310 g/mol. The van der Waals surface area contributed by atoms with E-state index in [1.165, 1.54) is 7.11 Å². The zero-order valence-electron chi connectivity index (χ0n) is 13.9. The second-order valence-corrected chi connectivity index (χ2v) is 6.10. The van der Waals surface area contributed by atoms with Crippen LogP contribution in [-0.4, -0.2) is 51.0 Å². The van der Waals surface area contributed by atoms with Crippen LogP contribution in [0.3, 0.4) is 0 Å². The Labute approximate surface area is 141 Å². The van der Waals surface area contributed by atoms with Crippen molar-refractivity contribution in [2.75, 3.05) is 31.8 Å². The van der Waals surface area contributed by atoms with Crippen molar-refractivity contribution in [1.29, 1.82) is 0 Å². The van der Waals surface area contributed by atoms with E-state index in [9.17, 15) is 9.59 Å². The van der Waals surface area contributed by atoms with E-state index in [0.717, 1.165) is 30.7 Å². The first-order valence-electron chi connectivity index (χ1n) is 8.38. The number of fused-ring (bicyclic) bond motifs is 1. The second kappa shape index (κ2) is 7.77. The van der Waals surface area contributed by atoms with Crippen molar-refractivity contribution >= 4 is 17.6 Å². The van der Waals surface area contributed by atoms with Crippen LogP contribution in [0.1, 0.15) is 24.8 Å². The molecule has 2 atom stereocenters. The molecule has 0 radical (unpaired) electrons. The number of benzene rings is 1. The van der Waals surface area contributed by atoms with Crippen LogP contribution in [0.4, 0.5) is 5.69 Å². The van der Waals surface area contributed by atoms with Crippen LogP contribution >= 0.6 is 0 Å². The number of amides is 1. The molecule has 0 unspecified atom stereocenters. The van der Waals surface area contributed by atoms with E-state index < -0.39 is 6.04 Å². The number of carbonyl (C=O) groups is 2. The van der Waals surface area contributed by atoms with Gasteiger partial charge in [0.25, 0.3) is 0 Å². The lowest BCUT2D eigenvalue weighted by molar-refractivity contribution is -0.143. The fourth-order valence-corrected chi connectivity index (χ4v) is 3.29. The van der Waals surface area contributed by atoms with Crippen molar-refractivity contribution in [1.82, 2.24) is 0 Å². The molecule has 0 spiro atoms. The van der Waals surface area contributed by atoms with Crippen LogP contribution in [0.2, 0.25) is 0 Å². The maximum Gasteiger partial charge on any atom is 0.329 e. The summed E-state index contributed by atoms with van der Waals surface area (Å²) in [5, 5.41) is 0. The summed E-state index contributed by atoms with van der Waals surface area (Å²) in [6.45, 7) is 1.63. The summed E-state index contributed by atoms with van der Waals surface area (Å²) in [6, 6.07) is 6.99. The number of rotatable bonds is 6. The normalized spacial score (nSPS) is 22.5. The number of para-hydroxylation sites is 1. The topological polar surface area (TPSA) is 65.1 Å². The molecule has 0 saturated carbocycles. The van der Waals surface area contributed by atoms with Gasteiger partial charge in [-0.05, 0) is 24.5 Å². The van der Waals surface area contributed by atoms with Gasteiger partial charge in [0.05, 0.1) is 32.8 Å². The van der Waals surface area contributed by atoms with Crippen LogP contribution in [0.15, 0.2) is 24.3 Å². The fourth-order valence-electron chi connectivity index (χ4n) is 3.29. The van der Waals surface area contributed by atoms with Crippen molar-refractivity contribution in [2.24, 2.45) is 0 Å². The van der Waals surface area contributed by atoms with Gasteiger partial charge in [-0.1, -0.05) is 18.2 Å². The van der Waals surface area contributed by atoms with Crippen molar-refractivity contribution in [3.63, 3.8) is 0 Å². The fraction of sp³-hybridized carbons (Fsp3) is 0.556. The van der Waals surface area contributed by atoms with Gasteiger partial charge in [-0.25, -0.2) is 4.79 Å². The van der Waals surface area contributed by atoms with Crippen molar-refractivity contribution in [3.05, 3.63) is 29.8 Å². The van der Waals surface area contributed by atoms with Crippen LogP contribution in [0, 0.1) is 0 Å². The number of methoxy groups -OCH3 is 1. The Kier molecular flexibility index (Phi) is 5.48. The van der Waals surface area contributed by atoms with Gasteiger partial charge in [0.1, 0.15) is 6.04 Å². The molecule has 0 aliphatic carbocycles. The first-order valence-corrected chi connectivity index (χ1v) is 8.38. The molecule has 0 N–H and O–H groups in total. The van der Waals surface area contributed by atoms with Crippen LogP contribution in [0.25, 0.3) is 0 Å². The Morgan fingerprint density at radius 1 is 1.33 bits per heavy atom. The number of nitrogens with zero attached hydrogens (tertiary/aromatic N) is 1. The summed E-state index contributed by atoms with van der Waals surface area (Å²) >= 11 is 0. The van der Waals surface area contributed by atoms with Gasteiger partial charge in [0.2, 0.25) is 5.91 Å². The van der Waals surface area contributed by atoms with Crippen LogP contribution in [0.5, 0.6) is 0 Å². The Hall–Kier alpha value is -1.92. The molecule has 1 saturated heterocycles. The van der Waals surface area contributed by atoms with E-state index in [-0.39, 0.29) is 24.4 Å². The molecule has 2 aliphatic rings. The molecule has 1 aromatic rings. The Morgan fingerprint density at radius 2 is 2.17 bits per heavy atom. The van der Waals surface area contributed by atoms with E-state index in [0.29, 0.717) is 19.6 Å². The predicted octanol–water partition coefficient (Wildman–Crippen LogP) is 1.70. The highest BCUT2D eigenvalue weighted by molar-refractivity contribution is 6.02. The average Bonchev–Trinajstić information content (AvgIpc) is 3.25. The molecule has 2 aliphatic heterocycles. The molecule has 2 heterocycles. The van der Waals surface area contributed by atoms with Gasteiger partial charge in [-0.2, -0.15) is 0 Å². The SMILES string of the molecule is COC(=O)[C@@H]1Cc2ccccc2N1C(=O)CCOC[C@H]1CCCO1. The summed E-state index contributed by atoms with van der Waals surface area (Å²) in [5.41, 5.74) is 1.78. The maximum absolute atomic E-state index is 12.6. The highest BCUT2D eigenvalue weighted by atomic mass is 16.5. The van der Waals surface area contributed by atoms with Gasteiger partial charge in [-0.15, -0.1) is 0 Å². The van der Waals surface area contributed by atoms with Gasteiger partial charge < -0.3 is 14.2 Å². The third-order valence-electron chi connectivity index (χ3n) is 4.51. The lowest BCUT2D eigenvalue weighted by Gasteiger charge is -2.23. The highest BCUT2D eigenvalue weighted by Gasteiger charge is 2.38. The third kappa shape index (κ3) is 3.60. The minimum absolute atomic E-state index is 0.123. The monoisotopic (exact) mass is 333 g/mol. The molecule has 6 nitrogen and oxygen atoms in total. The van der Waals surface area contributed by atoms with Crippen molar-refractivity contribution in [3.8, 4) is 0 Å². The van der Waals surface area contributed by atoms with Crippen LogP contribution in [-0.2, 0) is 30.2 Å². The molecule has 3 rings (SSSR count). The van der Waals surface area contributed by atoms with Crippen LogP contribution < -0.4 is 4.90 Å². The molecule has 130 valence electrons. The highest BCUT2D eigenvalue weighted by Crippen LogP contribution is 2.33. The largest absolute Gasteiger partial charge is 0.467 e. The lowest BCUT2D eigenvalue weighted by atomic mass is 10.1. The van der Waals surface area contributed by atoms with E-state index in [4.69, 9.17) is 14.2 Å². The number of hydrogen-bond donors (Lipinski definition) is 0. The minimum Gasteiger partial charge on any atom is -0.467 e. The number of anilines is 1. The van der Waals surface area contributed by atoms with E-state index >= 15 is 0 Å². The van der Waals surface area contributed by atoms with Crippen molar-refractivity contribution in [2.45, 2.75) is 37.8 Å². The molecule has 6 heteroatoms. The predicted molar refractivity (Wildman–Crippen MR) is 87.8 cm³/mol. The van der Waals surface area contributed by atoms with Gasteiger partial charge >= 0.3 is 5.97 Å². The summed E-state index contributed by atoms with van der Waals surface area (Å²) in [6.07, 6.45) is 2.95. The average molecular weight is 333 g/mol. The Balaban J connectivity index is 1.59. The van der Waals surface area contributed by atoms with E-state index in [1.54, 1.807) is 4.90 Å².